The third-order valence-electron chi connectivity index (χ3n) is 3.05. The summed E-state index contributed by atoms with van der Waals surface area (Å²) in [5.74, 6) is 0.589. The number of benzene rings is 1. The van der Waals surface area contributed by atoms with Crippen LogP contribution in [0.25, 0.3) is 11.0 Å². The predicted octanol–water partition coefficient (Wildman–Crippen LogP) is 1.15. The molecule has 0 atom stereocenters. The van der Waals surface area contributed by atoms with Crippen LogP contribution < -0.4 is 0 Å². The van der Waals surface area contributed by atoms with Crippen LogP contribution in [0.15, 0.2) is 35.1 Å². The number of aromatic amines is 1. The molecule has 7 nitrogen and oxygen atoms in total. The molecule has 20 heavy (non-hydrogen) atoms. The fourth-order valence-corrected chi connectivity index (χ4v) is 1.96. The Morgan fingerprint density at radius 3 is 3.05 bits per heavy atom. The van der Waals surface area contributed by atoms with E-state index in [0.29, 0.717) is 23.6 Å². The van der Waals surface area contributed by atoms with Crippen LogP contribution in [0.2, 0.25) is 0 Å². The van der Waals surface area contributed by atoms with Crippen LogP contribution in [0.4, 0.5) is 0 Å². The van der Waals surface area contributed by atoms with Gasteiger partial charge in [-0.2, -0.15) is 5.10 Å². The molecular weight excluding hydrogens is 258 g/mol. The summed E-state index contributed by atoms with van der Waals surface area (Å²) in [4.78, 5) is 17.7. The van der Waals surface area contributed by atoms with Crippen LogP contribution in [-0.4, -0.2) is 38.2 Å². The average Bonchev–Trinajstić information content (AvgIpc) is 3.09. The lowest BCUT2D eigenvalue weighted by Gasteiger charge is -2.14. The molecule has 102 valence electrons. The zero-order valence-corrected chi connectivity index (χ0v) is 10.9. The summed E-state index contributed by atoms with van der Waals surface area (Å²) in [5, 5.41) is 11.3. The number of nitrogens with one attached hydrogen (secondary N) is 1. The van der Waals surface area contributed by atoms with Gasteiger partial charge in [0.05, 0.1) is 13.0 Å². The highest BCUT2D eigenvalue weighted by Crippen LogP contribution is 2.18. The fraction of sp³-hybridized carbons (Fsp3) is 0.231. The van der Waals surface area contributed by atoms with E-state index < -0.39 is 0 Å². The maximum Gasteiger partial charge on any atom is 0.228 e. The molecule has 0 unspecified atom stereocenters. The number of para-hydroxylation sites is 1. The monoisotopic (exact) mass is 271 g/mol. The van der Waals surface area contributed by atoms with Crippen molar-refractivity contribution in [1.82, 2.24) is 25.2 Å². The number of likely N-dealkylation sites (N-methyl/N-ethyl adjacent to an activating group) is 1. The van der Waals surface area contributed by atoms with E-state index in [2.05, 4.69) is 20.3 Å². The molecule has 0 radical (unpaired) electrons. The standard InChI is InChI=1S/C13H13N5O2/c1-18(7-12-14-8-15-16-12)13(19)6-10-9-4-2-3-5-11(9)20-17-10/h2-5,8H,6-7H2,1H3,(H,14,15,16). The van der Waals surface area contributed by atoms with Crippen molar-refractivity contribution in [3.63, 3.8) is 0 Å². The molecule has 0 aliphatic heterocycles. The lowest BCUT2D eigenvalue weighted by atomic mass is 10.1. The third kappa shape index (κ3) is 2.37. The number of rotatable bonds is 4. The molecule has 1 amide bonds. The van der Waals surface area contributed by atoms with Crippen molar-refractivity contribution < 1.29 is 9.32 Å². The molecule has 2 aromatic heterocycles. The van der Waals surface area contributed by atoms with E-state index in [1.807, 2.05) is 24.3 Å². The van der Waals surface area contributed by atoms with Gasteiger partial charge in [-0.25, -0.2) is 4.98 Å². The minimum Gasteiger partial charge on any atom is -0.356 e. The number of nitrogens with zero attached hydrogens (tertiary/aromatic N) is 4. The zero-order chi connectivity index (χ0) is 13.9. The second kappa shape index (κ2) is 5.12. The van der Waals surface area contributed by atoms with Crippen molar-refractivity contribution in [3.05, 3.63) is 42.1 Å². The van der Waals surface area contributed by atoms with Gasteiger partial charge >= 0.3 is 0 Å². The lowest BCUT2D eigenvalue weighted by molar-refractivity contribution is -0.129. The molecule has 1 N–H and O–H groups in total. The summed E-state index contributed by atoms with van der Waals surface area (Å²) >= 11 is 0. The molecule has 7 heteroatoms. The number of carbonyl (C=O) groups is 1. The molecule has 0 saturated heterocycles. The molecule has 0 fully saturated rings. The highest BCUT2D eigenvalue weighted by Gasteiger charge is 2.16. The largest absolute Gasteiger partial charge is 0.356 e. The van der Waals surface area contributed by atoms with Crippen molar-refractivity contribution >= 4 is 16.9 Å². The molecular formula is C13H13N5O2. The second-order valence-corrected chi connectivity index (χ2v) is 4.48. The highest BCUT2D eigenvalue weighted by atomic mass is 16.5. The van der Waals surface area contributed by atoms with Gasteiger partial charge in [0, 0.05) is 12.4 Å². The number of H-pyrrole nitrogens is 1. The van der Waals surface area contributed by atoms with Gasteiger partial charge in [0.2, 0.25) is 5.91 Å². The van der Waals surface area contributed by atoms with E-state index in [0.717, 1.165) is 5.39 Å². The summed E-state index contributed by atoms with van der Waals surface area (Å²) in [6.45, 7) is 0.384. The van der Waals surface area contributed by atoms with Gasteiger partial charge < -0.3 is 9.42 Å². The van der Waals surface area contributed by atoms with Crippen molar-refractivity contribution in [2.45, 2.75) is 13.0 Å². The van der Waals surface area contributed by atoms with Crippen LogP contribution in [0.5, 0.6) is 0 Å². The number of aromatic nitrogens is 4. The number of carbonyl (C=O) groups excluding carboxylic acids is 1. The maximum atomic E-state index is 12.2. The van der Waals surface area contributed by atoms with Gasteiger partial charge in [0.25, 0.3) is 0 Å². The first-order valence-corrected chi connectivity index (χ1v) is 6.15. The molecule has 3 rings (SSSR count). The maximum absolute atomic E-state index is 12.2. The molecule has 0 aliphatic carbocycles. The highest BCUT2D eigenvalue weighted by molar-refractivity contribution is 5.86. The van der Waals surface area contributed by atoms with Crippen LogP contribution in [0, 0.1) is 0 Å². The van der Waals surface area contributed by atoms with E-state index in [-0.39, 0.29) is 12.3 Å². The summed E-state index contributed by atoms with van der Waals surface area (Å²) in [7, 11) is 1.72. The molecule has 2 heterocycles. The Bertz CT molecular complexity index is 719. The molecule has 0 saturated carbocycles. The van der Waals surface area contributed by atoms with Crippen LogP contribution in [-0.2, 0) is 17.8 Å². The van der Waals surface area contributed by atoms with Crippen LogP contribution in [0.1, 0.15) is 11.5 Å². The average molecular weight is 271 g/mol. The Labute approximate surface area is 114 Å². The van der Waals surface area contributed by atoms with E-state index in [4.69, 9.17) is 4.52 Å². The summed E-state index contributed by atoms with van der Waals surface area (Å²) < 4.78 is 5.19. The Morgan fingerprint density at radius 1 is 1.40 bits per heavy atom. The van der Waals surface area contributed by atoms with Crippen LogP contribution in [0.3, 0.4) is 0 Å². The molecule has 0 bridgehead atoms. The first-order chi connectivity index (χ1) is 9.74. The Kier molecular flexibility index (Phi) is 3.16. The minimum absolute atomic E-state index is 0.0551. The first-order valence-electron chi connectivity index (χ1n) is 6.15. The SMILES string of the molecule is CN(Cc1ncn[nH]1)C(=O)Cc1noc2ccccc12. The van der Waals surface area contributed by atoms with Crippen LogP contribution >= 0.6 is 0 Å². The third-order valence-corrected chi connectivity index (χ3v) is 3.05. The van der Waals surface area contributed by atoms with Gasteiger partial charge in [-0.1, -0.05) is 17.3 Å². The Balaban J connectivity index is 1.72. The first kappa shape index (κ1) is 12.3. The summed E-state index contributed by atoms with van der Waals surface area (Å²) in [5.41, 5.74) is 1.34. The smallest absolute Gasteiger partial charge is 0.228 e. The van der Waals surface area contributed by atoms with Crippen molar-refractivity contribution in [1.29, 1.82) is 0 Å². The number of hydrogen-bond donors (Lipinski definition) is 1. The Hall–Kier alpha value is -2.70. The molecule has 0 aliphatic rings. The van der Waals surface area contributed by atoms with Gasteiger partial charge in [-0.05, 0) is 12.1 Å². The minimum atomic E-state index is -0.0551. The van der Waals surface area contributed by atoms with Crippen molar-refractivity contribution in [3.8, 4) is 0 Å². The van der Waals surface area contributed by atoms with Crippen molar-refractivity contribution in [2.24, 2.45) is 0 Å². The van der Waals surface area contributed by atoms with Gasteiger partial charge in [0.1, 0.15) is 17.8 Å². The van der Waals surface area contributed by atoms with E-state index in [1.54, 1.807) is 11.9 Å². The predicted molar refractivity (Wildman–Crippen MR) is 70.6 cm³/mol. The second-order valence-electron chi connectivity index (χ2n) is 4.48. The molecule has 3 aromatic rings. The van der Waals surface area contributed by atoms with Gasteiger partial charge in [0.15, 0.2) is 5.58 Å². The van der Waals surface area contributed by atoms with Gasteiger partial charge in [-0.15, -0.1) is 0 Å². The summed E-state index contributed by atoms with van der Waals surface area (Å²) in [6.07, 6.45) is 1.61. The normalized spacial score (nSPS) is 10.8. The van der Waals surface area contributed by atoms with Crippen molar-refractivity contribution in [2.75, 3.05) is 7.05 Å². The van der Waals surface area contributed by atoms with E-state index >= 15 is 0 Å². The zero-order valence-electron chi connectivity index (χ0n) is 10.9. The van der Waals surface area contributed by atoms with Gasteiger partial charge in [-0.3, -0.25) is 9.89 Å². The quantitative estimate of drug-likeness (QED) is 0.769. The number of amides is 1. The Morgan fingerprint density at radius 2 is 2.25 bits per heavy atom. The number of fused-ring (bicyclic) bond motifs is 1. The number of hydrogen-bond acceptors (Lipinski definition) is 5. The molecule has 0 spiro atoms. The molecule has 1 aromatic carbocycles. The lowest BCUT2D eigenvalue weighted by Crippen LogP contribution is -2.28. The topological polar surface area (TPSA) is 87.9 Å². The fourth-order valence-electron chi connectivity index (χ4n) is 1.96. The van der Waals surface area contributed by atoms with E-state index in [1.165, 1.54) is 6.33 Å². The summed E-state index contributed by atoms with van der Waals surface area (Å²) in [6, 6.07) is 7.49. The van der Waals surface area contributed by atoms with E-state index in [9.17, 15) is 4.79 Å².